The zero-order valence-electron chi connectivity index (χ0n) is 22.4. The van der Waals surface area contributed by atoms with Gasteiger partial charge in [-0.25, -0.2) is 4.57 Å². The van der Waals surface area contributed by atoms with Crippen molar-refractivity contribution in [1.29, 1.82) is 0 Å². The van der Waals surface area contributed by atoms with E-state index in [1.807, 2.05) is 0 Å². The number of carboxylic acids is 1. The lowest BCUT2D eigenvalue weighted by molar-refractivity contribution is -0.147. The number of phosphoric acid groups is 1. The van der Waals surface area contributed by atoms with Gasteiger partial charge in [0.2, 0.25) is 0 Å². The van der Waals surface area contributed by atoms with Gasteiger partial charge in [0.05, 0.1) is 13.2 Å². The fraction of sp³-hybridized carbons (Fsp3) is 0.917. The van der Waals surface area contributed by atoms with Gasteiger partial charge < -0.3 is 45.6 Å². The van der Waals surface area contributed by atoms with Crippen LogP contribution in [0, 0.1) is 0 Å². The zero-order valence-corrected chi connectivity index (χ0v) is 23.3. The van der Waals surface area contributed by atoms with Crippen molar-refractivity contribution in [3.05, 3.63) is 0 Å². The van der Waals surface area contributed by atoms with Crippen molar-refractivity contribution in [2.24, 2.45) is 5.73 Å². The van der Waals surface area contributed by atoms with Gasteiger partial charge in [0.15, 0.2) is 0 Å². The molecule has 0 saturated heterocycles. The van der Waals surface area contributed by atoms with E-state index in [2.05, 4.69) is 6.92 Å². The highest BCUT2D eigenvalue weighted by molar-refractivity contribution is 7.45. The number of hydrogen-bond acceptors (Lipinski definition) is 8. The van der Waals surface area contributed by atoms with Crippen LogP contribution in [-0.4, -0.2) is 79.0 Å². The predicted octanol–water partition coefficient (Wildman–Crippen LogP) is 2.61. The smallest absolute Gasteiger partial charge is 0.466 e. The largest absolute Gasteiger partial charge is 0.480 e. The molecule has 37 heavy (non-hydrogen) atoms. The Balaban J connectivity index is -0.000000790. The molecule has 0 aromatic heterocycles. The molecule has 0 fully saturated rings. The number of rotatable bonds is 21. The third-order valence-corrected chi connectivity index (χ3v) is 5.15. The van der Waals surface area contributed by atoms with Gasteiger partial charge >= 0.3 is 19.8 Å². The highest BCUT2D eigenvalue weighted by Gasteiger charge is 2.08. The third kappa shape index (κ3) is 45.2. The normalized spacial score (nSPS) is 12.4. The SMILES string of the molecule is CCCCCCCCCCCCCCCCCC(=O)OCC(O)CO.NC(CO)C(=O)O.O=P(O)(O)O. The molecule has 0 aliphatic heterocycles. The monoisotopic (exact) mass is 561 g/mol. The lowest BCUT2D eigenvalue weighted by Gasteiger charge is -2.08. The van der Waals surface area contributed by atoms with Gasteiger partial charge in [-0.2, -0.15) is 0 Å². The maximum Gasteiger partial charge on any atom is 0.466 e. The van der Waals surface area contributed by atoms with Crippen molar-refractivity contribution in [2.75, 3.05) is 19.8 Å². The second kappa shape index (κ2) is 29.4. The Morgan fingerprint density at radius 1 is 0.757 bits per heavy atom. The highest BCUT2D eigenvalue weighted by atomic mass is 31.2. The fourth-order valence-corrected chi connectivity index (χ4v) is 3.03. The van der Waals surface area contributed by atoms with E-state index in [4.69, 9.17) is 50.1 Å². The summed E-state index contributed by atoms with van der Waals surface area (Å²) in [4.78, 5) is 42.6. The van der Waals surface area contributed by atoms with Crippen molar-refractivity contribution in [2.45, 2.75) is 122 Å². The molecule has 2 unspecified atom stereocenters. The molecular formula is C24H52NO11P. The van der Waals surface area contributed by atoms with Crippen LogP contribution >= 0.6 is 7.82 Å². The Bertz CT molecular complexity index is 553. The van der Waals surface area contributed by atoms with Gasteiger partial charge in [-0.3, -0.25) is 9.59 Å². The Kier molecular flexibility index (Phi) is 32.1. The maximum atomic E-state index is 11.4. The van der Waals surface area contributed by atoms with Crippen LogP contribution in [0.3, 0.4) is 0 Å². The van der Waals surface area contributed by atoms with Gasteiger partial charge in [0.1, 0.15) is 18.8 Å². The summed E-state index contributed by atoms with van der Waals surface area (Å²) in [6.45, 7) is 1.29. The quantitative estimate of drug-likeness (QED) is 0.0574. The number of ether oxygens (including phenoxy) is 1. The maximum absolute atomic E-state index is 11.4. The third-order valence-electron chi connectivity index (χ3n) is 5.15. The summed E-state index contributed by atoms with van der Waals surface area (Å²) in [6, 6.07) is -1.13. The number of esters is 1. The van der Waals surface area contributed by atoms with Gasteiger partial charge in [-0.05, 0) is 6.42 Å². The Labute approximate surface area is 221 Å². The molecule has 0 aliphatic carbocycles. The minimum Gasteiger partial charge on any atom is -0.480 e. The average molecular weight is 562 g/mol. The van der Waals surface area contributed by atoms with E-state index in [9.17, 15) is 9.59 Å². The first-order valence-electron chi connectivity index (χ1n) is 13.2. The van der Waals surface area contributed by atoms with E-state index in [1.54, 1.807) is 0 Å². The van der Waals surface area contributed by atoms with Crippen LogP contribution in [0.1, 0.15) is 110 Å². The lowest BCUT2D eigenvalue weighted by atomic mass is 10.0. The van der Waals surface area contributed by atoms with Crippen LogP contribution in [-0.2, 0) is 18.9 Å². The number of carbonyl (C=O) groups is 2. The number of nitrogens with two attached hydrogens (primary N) is 1. The molecule has 0 rings (SSSR count). The number of aliphatic carboxylic acids is 1. The summed E-state index contributed by atoms with van der Waals surface area (Å²) in [6.07, 6.45) is 19.0. The van der Waals surface area contributed by atoms with E-state index in [-0.39, 0.29) is 19.2 Å². The summed E-state index contributed by atoms with van der Waals surface area (Å²) in [5.41, 5.74) is 4.77. The molecule has 2 atom stereocenters. The summed E-state index contributed by atoms with van der Waals surface area (Å²) < 4.78 is 13.7. The first-order valence-corrected chi connectivity index (χ1v) is 14.8. The first kappa shape index (κ1) is 40.4. The fourth-order valence-electron chi connectivity index (χ4n) is 3.03. The summed E-state index contributed by atoms with van der Waals surface area (Å²) >= 11 is 0. The molecule has 0 radical (unpaired) electrons. The standard InChI is InChI=1S/C21H42O4.C3H7NO3.H3O4P/c1-2-3-4-5-6-7-8-9-10-11-12-13-14-15-16-17-21(24)25-19-20(23)18-22;4-2(1-5)3(6)7;1-5(2,3)4/h20,22-23H,2-19H2,1H3;2,5H,1,4H2,(H,6,7);(H3,1,2,3,4). The van der Waals surface area contributed by atoms with Gasteiger partial charge in [0.25, 0.3) is 0 Å². The first-order chi connectivity index (χ1) is 17.4. The Morgan fingerprint density at radius 3 is 1.38 bits per heavy atom. The van der Waals surface area contributed by atoms with Crippen LogP contribution < -0.4 is 5.73 Å². The minimum absolute atomic E-state index is 0.103. The zero-order chi connectivity index (χ0) is 29.0. The molecule has 0 bridgehead atoms. The molecule has 224 valence electrons. The summed E-state index contributed by atoms with van der Waals surface area (Å²) in [5.74, 6) is -1.45. The molecule has 0 heterocycles. The average Bonchev–Trinajstić information content (AvgIpc) is 2.83. The van der Waals surface area contributed by atoms with Crippen LogP contribution in [0.25, 0.3) is 0 Å². The summed E-state index contributed by atoms with van der Waals surface area (Å²) in [7, 11) is -4.64. The van der Waals surface area contributed by atoms with Crippen molar-refractivity contribution >= 4 is 19.8 Å². The minimum atomic E-state index is -4.64. The second-order valence-corrected chi connectivity index (χ2v) is 9.89. The van der Waals surface area contributed by atoms with Crippen molar-refractivity contribution in [1.82, 2.24) is 0 Å². The van der Waals surface area contributed by atoms with Gasteiger partial charge in [-0.1, -0.05) is 96.8 Å². The van der Waals surface area contributed by atoms with Gasteiger partial charge in [-0.15, -0.1) is 0 Å². The number of unbranched alkanes of at least 4 members (excludes halogenated alkanes) is 14. The van der Waals surface area contributed by atoms with Crippen LogP contribution in [0.15, 0.2) is 0 Å². The molecule has 12 nitrogen and oxygen atoms in total. The highest BCUT2D eigenvalue weighted by Crippen LogP contribution is 2.25. The van der Waals surface area contributed by atoms with E-state index in [1.165, 1.54) is 83.5 Å². The number of aliphatic hydroxyl groups excluding tert-OH is 3. The van der Waals surface area contributed by atoms with E-state index in [0.717, 1.165) is 12.8 Å². The Hall–Kier alpha value is -1.11. The predicted molar refractivity (Wildman–Crippen MR) is 141 cm³/mol. The molecule has 0 aromatic rings. The number of carboxylic acid groups (broad SMARTS) is 1. The lowest BCUT2D eigenvalue weighted by Crippen LogP contribution is -2.33. The summed E-state index contributed by atoms with van der Waals surface area (Å²) in [5, 5.41) is 33.6. The molecular weight excluding hydrogens is 509 g/mol. The van der Waals surface area contributed by atoms with E-state index >= 15 is 0 Å². The molecule has 9 N–H and O–H groups in total. The van der Waals surface area contributed by atoms with E-state index < -0.39 is 32.5 Å². The van der Waals surface area contributed by atoms with Crippen molar-refractivity contribution < 1.29 is 54.0 Å². The van der Waals surface area contributed by atoms with Crippen molar-refractivity contribution in [3.63, 3.8) is 0 Å². The number of carbonyl (C=O) groups excluding carboxylic acids is 1. The van der Waals surface area contributed by atoms with E-state index in [0.29, 0.717) is 6.42 Å². The Morgan fingerprint density at radius 2 is 1.11 bits per heavy atom. The van der Waals surface area contributed by atoms with Crippen LogP contribution in [0.4, 0.5) is 0 Å². The molecule has 13 heteroatoms. The molecule has 0 aliphatic rings. The van der Waals surface area contributed by atoms with Gasteiger partial charge in [0, 0.05) is 6.42 Å². The number of aliphatic hydroxyl groups is 3. The molecule has 0 amide bonds. The molecule has 0 aromatic carbocycles. The van der Waals surface area contributed by atoms with Crippen LogP contribution in [0.5, 0.6) is 0 Å². The van der Waals surface area contributed by atoms with Crippen molar-refractivity contribution in [3.8, 4) is 0 Å². The molecule has 0 saturated carbocycles. The second-order valence-electron chi connectivity index (χ2n) is 8.86. The topological polar surface area (TPSA) is 228 Å². The number of hydrogen-bond donors (Lipinski definition) is 8. The molecule has 0 spiro atoms. The van der Waals surface area contributed by atoms with Crippen LogP contribution in [0.2, 0.25) is 0 Å².